The molecule has 1 saturated heterocycles. The van der Waals surface area contributed by atoms with Crippen molar-refractivity contribution in [3.05, 3.63) is 12.0 Å². The number of carbonyl (C=O) groups excluding carboxylic acids is 1. The van der Waals surface area contributed by atoms with Crippen LogP contribution in [0.25, 0.3) is 0 Å². The maximum Gasteiger partial charge on any atom is 0.145 e. The molecule has 0 aliphatic carbocycles. The predicted octanol–water partition coefficient (Wildman–Crippen LogP) is 0.169. The Kier molecular flexibility index (Phi) is 3.52. The Labute approximate surface area is 122 Å². The molecule has 4 N–H and O–H groups in total. The number of imidazole rings is 1. The molecular formula is C13H19N5O3. The lowest BCUT2D eigenvalue weighted by atomic mass is 9.97. The van der Waals surface area contributed by atoms with Gasteiger partial charge in [-0.05, 0) is 13.8 Å². The molecule has 0 amide bonds. The van der Waals surface area contributed by atoms with Gasteiger partial charge in [-0.3, -0.25) is 9.36 Å². The van der Waals surface area contributed by atoms with E-state index in [0.29, 0.717) is 18.0 Å². The first-order valence-electron chi connectivity index (χ1n) is 6.91. The van der Waals surface area contributed by atoms with Gasteiger partial charge in [0.15, 0.2) is 0 Å². The van der Waals surface area contributed by atoms with E-state index >= 15 is 0 Å². The van der Waals surface area contributed by atoms with Gasteiger partial charge in [0.1, 0.15) is 35.5 Å². The number of hydrogen-bond acceptors (Lipinski definition) is 7. The van der Waals surface area contributed by atoms with Crippen molar-refractivity contribution in [1.82, 2.24) is 9.55 Å². The van der Waals surface area contributed by atoms with Crippen molar-refractivity contribution < 1.29 is 14.6 Å². The van der Waals surface area contributed by atoms with Gasteiger partial charge in [-0.2, -0.15) is 0 Å². The van der Waals surface area contributed by atoms with Crippen molar-refractivity contribution in [3.63, 3.8) is 0 Å². The molecule has 2 aliphatic heterocycles. The molecule has 0 radical (unpaired) electrons. The van der Waals surface area contributed by atoms with E-state index < -0.39 is 12.3 Å². The zero-order valence-corrected chi connectivity index (χ0v) is 12.0. The molecule has 3 heterocycles. The Bertz CT molecular complexity index is 597. The molecule has 4 atom stereocenters. The van der Waals surface area contributed by atoms with Gasteiger partial charge in [0.05, 0.1) is 25.0 Å². The van der Waals surface area contributed by atoms with Crippen LogP contribution < -0.4 is 11.1 Å². The molecule has 21 heavy (non-hydrogen) atoms. The Balaban J connectivity index is 1.89. The normalized spacial score (nSPS) is 31.5. The third-order valence-electron chi connectivity index (χ3n) is 3.98. The van der Waals surface area contributed by atoms with Crippen LogP contribution in [0.4, 0.5) is 5.82 Å². The summed E-state index contributed by atoms with van der Waals surface area (Å²) in [6.45, 7) is 3.17. The lowest BCUT2D eigenvalue weighted by Crippen LogP contribution is -2.25. The summed E-state index contributed by atoms with van der Waals surface area (Å²) in [6, 6.07) is 0. The first-order valence-corrected chi connectivity index (χ1v) is 6.91. The number of anilines is 1. The van der Waals surface area contributed by atoms with Crippen LogP contribution in [0.3, 0.4) is 0 Å². The highest BCUT2D eigenvalue weighted by Gasteiger charge is 2.40. The predicted molar refractivity (Wildman–Crippen MR) is 75.7 cm³/mol. The number of nitrogens with zero attached hydrogens (tertiary/aromatic N) is 3. The maximum absolute atomic E-state index is 11.7. The quantitative estimate of drug-likeness (QED) is 0.732. The average molecular weight is 293 g/mol. The smallest absolute Gasteiger partial charge is 0.145 e. The highest BCUT2D eigenvalue weighted by molar-refractivity contribution is 5.95. The fraction of sp³-hybridized carbons (Fsp3) is 0.615. The van der Waals surface area contributed by atoms with Gasteiger partial charge in [-0.25, -0.2) is 9.98 Å². The van der Waals surface area contributed by atoms with E-state index in [4.69, 9.17) is 10.5 Å². The first kappa shape index (κ1) is 14.2. The largest absolute Gasteiger partial charge is 0.394 e. The number of amidine groups is 1. The number of aliphatic hydroxyl groups excluding tert-OH is 1. The van der Waals surface area contributed by atoms with Crippen molar-refractivity contribution >= 4 is 17.4 Å². The number of aliphatic hydroxyl groups is 1. The maximum atomic E-state index is 11.7. The van der Waals surface area contributed by atoms with Crippen molar-refractivity contribution in [2.75, 3.05) is 11.9 Å². The van der Waals surface area contributed by atoms with Gasteiger partial charge < -0.3 is 20.9 Å². The topological polar surface area (TPSA) is 115 Å². The molecular weight excluding hydrogens is 274 g/mol. The van der Waals surface area contributed by atoms with Crippen molar-refractivity contribution in [3.8, 4) is 0 Å². The van der Waals surface area contributed by atoms with Crippen LogP contribution in [0.1, 0.15) is 38.4 Å². The SMILES string of the molecule is CC(=O)[C@H]1C[C@H](n2cnc3c2NC(C)=NC3N)O[C@@H]1CO. The molecule has 8 heteroatoms. The number of nitrogens with one attached hydrogen (secondary N) is 1. The number of carbonyl (C=O) groups is 1. The van der Waals surface area contributed by atoms with E-state index in [-0.39, 0.29) is 24.5 Å². The molecule has 1 aromatic rings. The van der Waals surface area contributed by atoms with Gasteiger partial charge in [0.2, 0.25) is 0 Å². The molecule has 1 fully saturated rings. The van der Waals surface area contributed by atoms with Crippen molar-refractivity contribution in [1.29, 1.82) is 0 Å². The highest BCUT2D eigenvalue weighted by atomic mass is 16.5. The number of aromatic nitrogens is 2. The Morgan fingerprint density at radius 3 is 3.05 bits per heavy atom. The second-order valence-corrected chi connectivity index (χ2v) is 5.43. The number of nitrogens with two attached hydrogens (primary N) is 1. The summed E-state index contributed by atoms with van der Waals surface area (Å²) in [5.74, 6) is 1.16. The Morgan fingerprint density at radius 2 is 2.43 bits per heavy atom. The number of ether oxygens (including phenoxy) is 1. The summed E-state index contributed by atoms with van der Waals surface area (Å²) in [6.07, 6.45) is 0.820. The minimum absolute atomic E-state index is 0.0212. The van der Waals surface area contributed by atoms with E-state index in [1.165, 1.54) is 6.92 Å². The zero-order chi connectivity index (χ0) is 15.1. The standard InChI is InChI=1S/C13H19N5O3/c1-6(20)8-3-10(21-9(8)4-19)18-5-15-11-12(14)16-7(2)17-13(11)18/h5,8-10,12,19H,3-4,14H2,1-2H3,(H,16,17)/t8-,9-,10-,12?/m1/s1. The summed E-state index contributed by atoms with van der Waals surface area (Å²) in [7, 11) is 0. The van der Waals surface area contributed by atoms with Crippen LogP contribution in [0, 0.1) is 5.92 Å². The number of rotatable bonds is 3. The van der Waals surface area contributed by atoms with Gasteiger partial charge in [-0.1, -0.05) is 0 Å². The van der Waals surface area contributed by atoms with E-state index in [1.54, 1.807) is 6.33 Å². The van der Waals surface area contributed by atoms with E-state index in [2.05, 4.69) is 15.3 Å². The third kappa shape index (κ3) is 2.35. The lowest BCUT2D eigenvalue weighted by Gasteiger charge is -2.21. The minimum Gasteiger partial charge on any atom is -0.394 e. The van der Waals surface area contributed by atoms with Crippen molar-refractivity contribution in [2.24, 2.45) is 16.6 Å². The van der Waals surface area contributed by atoms with Crippen LogP contribution in [0.5, 0.6) is 0 Å². The number of hydrogen-bond donors (Lipinski definition) is 3. The second kappa shape index (κ2) is 5.21. The average Bonchev–Trinajstić information content (AvgIpc) is 3.01. The molecule has 114 valence electrons. The summed E-state index contributed by atoms with van der Waals surface area (Å²) in [4.78, 5) is 20.1. The number of fused-ring (bicyclic) bond motifs is 1. The molecule has 3 rings (SSSR count). The molecule has 0 saturated carbocycles. The summed E-state index contributed by atoms with van der Waals surface area (Å²) in [5, 5.41) is 12.5. The van der Waals surface area contributed by atoms with Gasteiger partial charge in [-0.15, -0.1) is 0 Å². The fourth-order valence-corrected chi connectivity index (χ4v) is 2.91. The monoisotopic (exact) mass is 293 g/mol. The number of ketones is 1. The van der Waals surface area contributed by atoms with Gasteiger partial charge >= 0.3 is 0 Å². The molecule has 0 bridgehead atoms. The molecule has 2 aliphatic rings. The summed E-state index contributed by atoms with van der Waals surface area (Å²) in [5.41, 5.74) is 6.59. The van der Waals surface area contributed by atoms with E-state index in [0.717, 1.165) is 5.82 Å². The minimum atomic E-state index is -0.499. The zero-order valence-electron chi connectivity index (χ0n) is 12.0. The molecule has 1 aromatic heterocycles. The molecule has 0 aromatic carbocycles. The number of Topliss-reactive ketones (excluding diaryl/α,β-unsaturated/α-hetero) is 1. The molecule has 1 unspecified atom stereocenters. The van der Waals surface area contributed by atoms with Crippen LogP contribution in [-0.2, 0) is 9.53 Å². The lowest BCUT2D eigenvalue weighted by molar-refractivity contribution is -0.123. The number of aliphatic imine (C=N–C) groups is 1. The third-order valence-corrected chi connectivity index (χ3v) is 3.98. The van der Waals surface area contributed by atoms with E-state index in [1.807, 2.05) is 11.5 Å². The molecule has 0 spiro atoms. The van der Waals surface area contributed by atoms with Crippen LogP contribution in [-0.4, -0.2) is 39.0 Å². The van der Waals surface area contributed by atoms with Crippen molar-refractivity contribution in [2.45, 2.75) is 38.8 Å². The van der Waals surface area contributed by atoms with E-state index in [9.17, 15) is 9.90 Å². The van der Waals surface area contributed by atoms with Crippen LogP contribution >= 0.6 is 0 Å². The van der Waals surface area contributed by atoms with Gasteiger partial charge in [0, 0.05) is 6.42 Å². The van der Waals surface area contributed by atoms with Crippen LogP contribution in [0.15, 0.2) is 11.3 Å². The van der Waals surface area contributed by atoms with Gasteiger partial charge in [0.25, 0.3) is 0 Å². The molecule has 8 nitrogen and oxygen atoms in total. The Hall–Kier alpha value is -1.77. The Morgan fingerprint density at radius 1 is 1.67 bits per heavy atom. The fourth-order valence-electron chi connectivity index (χ4n) is 2.91. The summed E-state index contributed by atoms with van der Waals surface area (Å²) < 4.78 is 7.62. The first-order chi connectivity index (χ1) is 10.0. The van der Waals surface area contributed by atoms with Crippen LogP contribution in [0.2, 0.25) is 0 Å². The second-order valence-electron chi connectivity index (χ2n) is 5.43. The highest BCUT2D eigenvalue weighted by Crippen LogP contribution is 2.37. The summed E-state index contributed by atoms with van der Waals surface area (Å²) >= 11 is 0.